The first-order chi connectivity index (χ1) is 12.3. The predicted octanol–water partition coefficient (Wildman–Crippen LogP) is 2.53. The summed E-state index contributed by atoms with van der Waals surface area (Å²) in [5.41, 5.74) is 1.16. The zero-order valence-corrected chi connectivity index (χ0v) is 15.7. The number of hydrogen-bond acceptors (Lipinski definition) is 7. The number of aryl methyl sites for hydroxylation is 1. The van der Waals surface area contributed by atoms with Gasteiger partial charge in [-0.05, 0) is 12.0 Å². The van der Waals surface area contributed by atoms with Crippen LogP contribution in [0.15, 0.2) is 34.7 Å². The highest BCUT2D eigenvalue weighted by Crippen LogP contribution is 2.25. The fraction of sp³-hybridized carbons (Fsp3) is 0.471. The van der Waals surface area contributed by atoms with Crippen LogP contribution in [0, 0.1) is 0 Å². The van der Waals surface area contributed by atoms with Crippen LogP contribution in [0.1, 0.15) is 12.0 Å². The number of anilines is 1. The molecule has 0 aliphatic carbocycles. The molecule has 25 heavy (non-hydrogen) atoms. The third-order valence-electron chi connectivity index (χ3n) is 3.87. The first-order valence-electron chi connectivity index (χ1n) is 8.40. The molecule has 1 aliphatic rings. The van der Waals surface area contributed by atoms with E-state index in [1.165, 1.54) is 11.3 Å². The van der Waals surface area contributed by atoms with E-state index in [1.807, 2.05) is 30.3 Å². The number of carbonyl (C=O) groups is 1. The van der Waals surface area contributed by atoms with Crippen molar-refractivity contribution in [2.75, 3.05) is 43.9 Å². The van der Waals surface area contributed by atoms with Gasteiger partial charge in [-0.15, -0.1) is 10.2 Å². The van der Waals surface area contributed by atoms with E-state index in [-0.39, 0.29) is 5.91 Å². The number of carbonyl (C=O) groups excluding carboxylic acids is 1. The molecule has 134 valence electrons. The maximum absolute atomic E-state index is 12.0. The Morgan fingerprint density at radius 1 is 1.24 bits per heavy atom. The minimum absolute atomic E-state index is 0.0233. The minimum atomic E-state index is -0.0233. The minimum Gasteiger partial charge on any atom is -0.379 e. The highest BCUT2D eigenvalue weighted by atomic mass is 32.2. The van der Waals surface area contributed by atoms with Crippen LogP contribution in [0.5, 0.6) is 0 Å². The molecule has 2 heterocycles. The molecule has 1 amide bonds. The molecule has 1 aromatic heterocycles. The molecule has 1 fully saturated rings. The number of nitrogens with one attached hydrogen (secondary N) is 1. The Labute approximate surface area is 156 Å². The Hall–Kier alpha value is -1.48. The fourth-order valence-corrected chi connectivity index (χ4v) is 4.33. The second-order valence-corrected chi connectivity index (χ2v) is 8.03. The Balaban J connectivity index is 1.36. The Morgan fingerprint density at radius 3 is 2.84 bits per heavy atom. The molecule has 0 bridgehead atoms. The molecule has 0 spiro atoms. The van der Waals surface area contributed by atoms with Crippen molar-refractivity contribution in [1.82, 2.24) is 15.1 Å². The van der Waals surface area contributed by atoms with Crippen LogP contribution in [-0.4, -0.2) is 59.6 Å². The summed E-state index contributed by atoms with van der Waals surface area (Å²) in [6, 6.07) is 10.0. The van der Waals surface area contributed by atoms with Gasteiger partial charge in [0.15, 0.2) is 4.34 Å². The van der Waals surface area contributed by atoms with Gasteiger partial charge in [-0.3, -0.25) is 9.69 Å². The van der Waals surface area contributed by atoms with E-state index in [4.69, 9.17) is 4.74 Å². The maximum atomic E-state index is 12.0. The summed E-state index contributed by atoms with van der Waals surface area (Å²) in [4.78, 5) is 14.4. The van der Waals surface area contributed by atoms with Crippen molar-refractivity contribution in [3.63, 3.8) is 0 Å². The molecule has 1 saturated heterocycles. The average molecular weight is 379 g/mol. The number of morpholine rings is 1. The molecule has 1 aromatic carbocycles. The molecule has 0 saturated carbocycles. The molecule has 8 heteroatoms. The van der Waals surface area contributed by atoms with Crippen LogP contribution < -0.4 is 5.32 Å². The van der Waals surface area contributed by atoms with Gasteiger partial charge < -0.3 is 10.1 Å². The van der Waals surface area contributed by atoms with Crippen molar-refractivity contribution in [3.8, 4) is 0 Å². The highest BCUT2D eigenvalue weighted by Gasteiger charge is 2.12. The first-order valence-corrected chi connectivity index (χ1v) is 10.2. The maximum Gasteiger partial charge on any atom is 0.226 e. The zero-order valence-electron chi connectivity index (χ0n) is 14.0. The van der Waals surface area contributed by atoms with Crippen molar-refractivity contribution in [1.29, 1.82) is 0 Å². The summed E-state index contributed by atoms with van der Waals surface area (Å²) < 4.78 is 6.24. The van der Waals surface area contributed by atoms with Crippen molar-refractivity contribution in [2.45, 2.75) is 17.2 Å². The Bertz CT molecular complexity index is 660. The van der Waals surface area contributed by atoms with E-state index >= 15 is 0 Å². The van der Waals surface area contributed by atoms with Gasteiger partial charge in [0, 0.05) is 31.8 Å². The van der Waals surface area contributed by atoms with Gasteiger partial charge >= 0.3 is 0 Å². The lowest BCUT2D eigenvalue weighted by atomic mass is 10.1. The second-order valence-electron chi connectivity index (χ2n) is 5.71. The smallest absolute Gasteiger partial charge is 0.226 e. The number of amides is 1. The number of nitrogens with zero attached hydrogens (tertiary/aromatic N) is 3. The van der Waals surface area contributed by atoms with Gasteiger partial charge in [-0.2, -0.15) is 0 Å². The van der Waals surface area contributed by atoms with E-state index in [9.17, 15) is 4.79 Å². The summed E-state index contributed by atoms with van der Waals surface area (Å²) in [5.74, 6) is 0.946. The van der Waals surface area contributed by atoms with Crippen molar-refractivity contribution in [3.05, 3.63) is 35.9 Å². The van der Waals surface area contributed by atoms with E-state index in [0.29, 0.717) is 11.6 Å². The standard InChI is InChI=1S/C17H22N4O2S2/c22-15(7-6-14-4-2-1-3-5-14)18-16-19-20-17(25-16)24-13-10-21-8-11-23-12-9-21/h1-5H,6-13H2,(H,18,19,22). The van der Waals surface area contributed by atoms with Gasteiger partial charge in [0.1, 0.15) is 0 Å². The van der Waals surface area contributed by atoms with E-state index < -0.39 is 0 Å². The quantitative estimate of drug-likeness (QED) is 0.562. The number of benzene rings is 1. The lowest BCUT2D eigenvalue weighted by Gasteiger charge is -2.25. The third-order valence-corrected chi connectivity index (χ3v) is 5.83. The van der Waals surface area contributed by atoms with E-state index in [1.54, 1.807) is 11.8 Å². The molecular formula is C17H22N4O2S2. The summed E-state index contributed by atoms with van der Waals surface area (Å²) in [6.07, 6.45) is 1.18. The number of hydrogen-bond donors (Lipinski definition) is 1. The first kappa shape index (κ1) is 18.3. The molecule has 2 aromatic rings. The Morgan fingerprint density at radius 2 is 2.04 bits per heavy atom. The number of rotatable bonds is 8. The largest absolute Gasteiger partial charge is 0.379 e. The van der Waals surface area contributed by atoms with Crippen LogP contribution in [-0.2, 0) is 16.0 Å². The summed E-state index contributed by atoms with van der Waals surface area (Å²) in [7, 11) is 0. The van der Waals surface area contributed by atoms with Gasteiger partial charge in [-0.1, -0.05) is 53.4 Å². The molecular weight excluding hydrogens is 356 g/mol. The summed E-state index contributed by atoms with van der Waals surface area (Å²) in [6.45, 7) is 4.66. The lowest BCUT2D eigenvalue weighted by molar-refractivity contribution is -0.116. The molecule has 6 nitrogen and oxygen atoms in total. The van der Waals surface area contributed by atoms with Gasteiger partial charge in [0.2, 0.25) is 11.0 Å². The topological polar surface area (TPSA) is 67.4 Å². The Kier molecular flexibility index (Phi) is 7.22. The van der Waals surface area contributed by atoms with E-state index in [0.717, 1.165) is 54.9 Å². The van der Waals surface area contributed by atoms with E-state index in [2.05, 4.69) is 20.4 Å². The predicted molar refractivity (Wildman–Crippen MR) is 101 cm³/mol. The zero-order chi connectivity index (χ0) is 17.3. The van der Waals surface area contributed by atoms with Crippen LogP contribution in [0.25, 0.3) is 0 Å². The summed E-state index contributed by atoms with van der Waals surface area (Å²) >= 11 is 3.12. The van der Waals surface area contributed by atoms with Crippen LogP contribution >= 0.6 is 23.1 Å². The summed E-state index contributed by atoms with van der Waals surface area (Å²) in [5, 5.41) is 11.6. The van der Waals surface area contributed by atoms with Gasteiger partial charge in [-0.25, -0.2) is 0 Å². The van der Waals surface area contributed by atoms with Crippen molar-refractivity contribution in [2.24, 2.45) is 0 Å². The molecule has 0 unspecified atom stereocenters. The molecule has 0 atom stereocenters. The van der Waals surface area contributed by atoms with Crippen molar-refractivity contribution < 1.29 is 9.53 Å². The monoisotopic (exact) mass is 378 g/mol. The van der Waals surface area contributed by atoms with Crippen molar-refractivity contribution >= 4 is 34.1 Å². The fourth-order valence-electron chi connectivity index (χ4n) is 2.49. The van der Waals surface area contributed by atoms with Crippen LogP contribution in [0.3, 0.4) is 0 Å². The molecule has 3 rings (SSSR count). The van der Waals surface area contributed by atoms with Gasteiger partial charge in [0.25, 0.3) is 0 Å². The molecule has 1 N–H and O–H groups in total. The lowest BCUT2D eigenvalue weighted by Crippen LogP contribution is -2.37. The van der Waals surface area contributed by atoms with Crippen LogP contribution in [0.2, 0.25) is 0 Å². The SMILES string of the molecule is O=C(CCc1ccccc1)Nc1nnc(SCCN2CCOCC2)s1. The average Bonchev–Trinajstić information content (AvgIpc) is 3.09. The number of aromatic nitrogens is 2. The number of ether oxygens (including phenoxy) is 1. The highest BCUT2D eigenvalue weighted by molar-refractivity contribution is 8.01. The third kappa shape index (κ3) is 6.39. The normalized spacial score (nSPS) is 15.2. The van der Waals surface area contributed by atoms with Gasteiger partial charge in [0.05, 0.1) is 13.2 Å². The molecule has 1 aliphatic heterocycles. The van der Waals surface area contributed by atoms with Crippen LogP contribution in [0.4, 0.5) is 5.13 Å². The number of thioether (sulfide) groups is 1. The second kappa shape index (κ2) is 9.86. The molecule has 0 radical (unpaired) electrons.